The van der Waals surface area contributed by atoms with Crippen molar-refractivity contribution in [2.24, 2.45) is 0 Å². The highest BCUT2D eigenvalue weighted by Gasteiger charge is 2.59. The Bertz CT molecular complexity index is 352. The lowest BCUT2D eigenvalue weighted by Gasteiger charge is -2.55. The summed E-state index contributed by atoms with van der Waals surface area (Å²) in [4.78, 5) is 0. The van der Waals surface area contributed by atoms with Gasteiger partial charge in [-0.05, 0) is 0 Å². The lowest BCUT2D eigenvalue weighted by atomic mass is 10.4. The van der Waals surface area contributed by atoms with Crippen LogP contribution in [0.2, 0.25) is 16.0 Å². The first kappa shape index (κ1) is 15.1. The fourth-order valence-electron chi connectivity index (χ4n) is 3.61. The van der Waals surface area contributed by atoms with Gasteiger partial charge in [-0.25, -0.2) is 0 Å². The Hall–Kier alpha value is -0.909. The molecule has 0 aliphatic carbocycles. The Kier molecular flexibility index (Phi) is 4.53. The molecule has 0 N–H and O–H groups in total. The molecule has 0 saturated carbocycles. The van der Waals surface area contributed by atoms with E-state index in [-0.39, 0.29) is 14.2 Å². The third-order valence-corrected chi connectivity index (χ3v) is 23.9. The van der Waals surface area contributed by atoms with Crippen molar-refractivity contribution in [3.63, 3.8) is 0 Å². The molecule has 1 rings (SSSR count). The Morgan fingerprint density at radius 2 is 1.06 bits per heavy atom. The molecular weight excluding hydrogens is 264 g/mol. The molecule has 1 heterocycles. The maximum absolute atomic E-state index is 4.13. The lowest BCUT2D eigenvalue weighted by molar-refractivity contribution is 1.10. The van der Waals surface area contributed by atoms with Crippen LogP contribution in [-0.2, 0) is 0 Å². The van der Waals surface area contributed by atoms with Crippen LogP contribution in [0, 0.1) is 0 Å². The van der Waals surface area contributed by atoms with Gasteiger partial charge in [0.1, 0.15) is 16.1 Å². The van der Waals surface area contributed by atoms with Gasteiger partial charge in [0.15, 0.2) is 0 Å². The minimum Gasteiger partial charge on any atom is -0.107 e. The van der Waals surface area contributed by atoms with Gasteiger partial charge in [0, 0.05) is 14.2 Å². The second-order valence-corrected chi connectivity index (χ2v) is 17.7. The van der Waals surface area contributed by atoms with Gasteiger partial charge in [-0.1, -0.05) is 46.3 Å². The minimum atomic E-state index is -1.82. The molecule has 0 aromatic heterocycles. The summed E-state index contributed by atoms with van der Waals surface area (Å²) in [5, 5.41) is 0. The predicted molar refractivity (Wildman–Crippen MR) is 93.5 cm³/mol. The summed E-state index contributed by atoms with van der Waals surface area (Å²) in [5.41, 5.74) is 11.4. The summed E-state index contributed by atoms with van der Waals surface area (Å²) in [6.45, 7) is 24.8. The molecule has 0 aromatic carbocycles. The molecule has 0 nitrogen and oxygen atoms in total. The fraction of sp³-hybridized carbons (Fsp3) is 0.200. The molecule has 1 fully saturated rings. The number of hydrogen-bond donors (Lipinski definition) is 0. The van der Waals surface area contributed by atoms with Gasteiger partial charge in [-0.2, -0.15) is 0 Å². The normalized spacial score (nSPS) is 23.3. The summed E-state index contributed by atoms with van der Waals surface area (Å²) >= 11 is 0. The molecule has 18 heavy (non-hydrogen) atoms. The van der Waals surface area contributed by atoms with Crippen LogP contribution < -0.4 is 0 Å². The van der Waals surface area contributed by atoms with Crippen molar-refractivity contribution in [1.29, 1.82) is 0 Å². The third kappa shape index (κ3) is 1.61. The first-order valence-electron chi connectivity index (χ1n) is 6.39. The third-order valence-electron chi connectivity index (χ3n) is 4.82. The molecule has 0 unspecified atom stereocenters. The van der Waals surface area contributed by atoms with Crippen LogP contribution >= 0.6 is 0 Å². The molecule has 0 radical (unpaired) electrons. The van der Waals surface area contributed by atoms with E-state index in [2.05, 4.69) is 74.4 Å². The lowest BCUT2D eigenvalue weighted by Crippen LogP contribution is -2.63. The highest BCUT2D eigenvalue weighted by atomic mass is 28.4. The average Bonchev–Trinajstić information content (AvgIpc) is 2.45. The predicted octanol–water partition coefficient (Wildman–Crippen LogP) is 3.53. The van der Waals surface area contributed by atoms with Gasteiger partial charge >= 0.3 is 0 Å². The van der Waals surface area contributed by atoms with Crippen molar-refractivity contribution >= 4 is 25.7 Å². The van der Waals surface area contributed by atoms with Gasteiger partial charge < -0.3 is 0 Å². The second kappa shape index (κ2) is 5.38. The molecule has 96 valence electrons. The molecule has 1 aliphatic heterocycles. The van der Waals surface area contributed by atoms with Crippen molar-refractivity contribution in [2.75, 3.05) is 0 Å². The van der Waals surface area contributed by atoms with Crippen LogP contribution in [0.4, 0.5) is 0 Å². The van der Waals surface area contributed by atoms with E-state index in [1.165, 1.54) is 11.3 Å². The fourth-order valence-corrected chi connectivity index (χ4v) is 27.3. The second-order valence-electron chi connectivity index (χ2n) is 5.03. The smallest absolute Gasteiger partial charge is 0.107 e. The van der Waals surface area contributed by atoms with Crippen molar-refractivity contribution in [2.45, 2.75) is 16.0 Å². The van der Waals surface area contributed by atoms with Crippen LogP contribution in [0.3, 0.4) is 0 Å². The van der Waals surface area contributed by atoms with Crippen molar-refractivity contribution in [3.8, 4) is 0 Å². The maximum Gasteiger partial charge on any atom is 0.109 e. The molecule has 0 bridgehead atoms. The molecule has 1 saturated heterocycles. The Morgan fingerprint density at radius 1 is 0.722 bits per heavy atom. The summed E-state index contributed by atoms with van der Waals surface area (Å²) in [6.07, 6.45) is 4.22. The summed E-state index contributed by atoms with van der Waals surface area (Å²) in [5.74, 6) is 0. The maximum atomic E-state index is 4.13. The van der Waals surface area contributed by atoms with Gasteiger partial charge in [-0.3, -0.25) is 0 Å². The Morgan fingerprint density at radius 3 is 1.28 bits per heavy atom. The summed E-state index contributed by atoms with van der Waals surface area (Å²) in [6, 6.07) is 0. The Balaban J connectivity index is 3.67. The van der Waals surface area contributed by atoms with E-state index in [0.717, 1.165) is 0 Å². The zero-order valence-corrected chi connectivity index (χ0v) is 14.7. The standard InChI is InChI=1S/C15H24Si3/c1-7-15(8-2)17(9-3,10-4)13-16-14-18(15,11-5)12-6/h7-12H,1-6,13-14,16H2. The molecule has 3 heteroatoms. The largest absolute Gasteiger partial charge is 0.109 e. The quantitative estimate of drug-likeness (QED) is 0.518. The van der Waals surface area contributed by atoms with E-state index in [9.17, 15) is 0 Å². The highest BCUT2D eigenvalue weighted by molar-refractivity contribution is 7.17. The molecule has 0 aromatic rings. The molecular formula is C15H24Si3. The van der Waals surface area contributed by atoms with Gasteiger partial charge in [0.05, 0.1) is 0 Å². The van der Waals surface area contributed by atoms with Crippen LogP contribution in [-0.4, -0.2) is 25.7 Å². The zero-order chi connectivity index (χ0) is 13.9. The minimum absolute atomic E-state index is 0.0434. The summed E-state index contributed by atoms with van der Waals surface area (Å²) < 4.78 is -0.0434. The van der Waals surface area contributed by atoms with E-state index >= 15 is 0 Å². The first-order valence-corrected chi connectivity index (χ1v) is 13.1. The number of hydrogen-bond acceptors (Lipinski definition) is 0. The molecule has 0 amide bonds. The monoisotopic (exact) mass is 288 g/mol. The number of rotatable bonds is 6. The Labute approximate surface area is 116 Å². The van der Waals surface area contributed by atoms with Gasteiger partial charge in [-0.15, -0.1) is 39.5 Å². The average molecular weight is 289 g/mol. The van der Waals surface area contributed by atoms with E-state index in [0.29, 0.717) is 0 Å². The van der Waals surface area contributed by atoms with Crippen LogP contribution in [0.5, 0.6) is 0 Å². The molecule has 0 atom stereocenters. The topological polar surface area (TPSA) is 0 Å². The van der Waals surface area contributed by atoms with E-state index in [4.69, 9.17) is 0 Å². The van der Waals surface area contributed by atoms with Gasteiger partial charge in [0.2, 0.25) is 0 Å². The highest BCUT2D eigenvalue weighted by Crippen LogP contribution is 2.56. The summed E-state index contributed by atoms with van der Waals surface area (Å²) in [7, 11) is -3.72. The van der Waals surface area contributed by atoms with Crippen molar-refractivity contribution < 1.29 is 0 Å². The van der Waals surface area contributed by atoms with E-state index in [1.54, 1.807) is 0 Å². The van der Waals surface area contributed by atoms with Crippen LogP contribution in [0.15, 0.2) is 74.4 Å². The van der Waals surface area contributed by atoms with Gasteiger partial charge in [0.25, 0.3) is 0 Å². The first-order chi connectivity index (χ1) is 8.57. The zero-order valence-electron chi connectivity index (χ0n) is 11.3. The van der Waals surface area contributed by atoms with E-state index < -0.39 is 16.1 Å². The SMILES string of the molecule is C=CC1(C=C)[Si](C=C)(C=C)C[SiH2]C[Si]1(C=C)C=C. The van der Waals surface area contributed by atoms with Crippen LogP contribution in [0.25, 0.3) is 0 Å². The number of allylic oxidation sites excluding steroid dienone is 2. The van der Waals surface area contributed by atoms with Crippen LogP contribution in [0.1, 0.15) is 0 Å². The van der Waals surface area contributed by atoms with E-state index in [1.807, 2.05) is 0 Å². The molecule has 0 spiro atoms. The van der Waals surface area contributed by atoms with Crippen molar-refractivity contribution in [1.82, 2.24) is 0 Å². The van der Waals surface area contributed by atoms with Crippen molar-refractivity contribution in [3.05, 3.63) is 74.4 Å². The molecule has 1 aliphatic rings.